The van der Waals surface area contributed by atoms with Gasteiger partial charge in [-0.05, 0) is 37.8 Å². The summed E-state index contributed by atoms with van der Waals surface area (Å²) in [6, 6.07) is 0. The second kappa shape index (κ2) is 5.12. The van der Waals surface area contributed by atoms with E-state index in [2.05, 4.69) is 21.5 Å². The number of nitrogens with zero attached hydrogens (tertiary/aromatic N) is 2. The summed E-state index contributed by atoms with van der Waals surface area (Å²) in [5, 5.41) is 0. The number of rotatable bonds is 3. The zero-order valence-corrected chi connectivity index (χ0v) is 10.8. The summed E-state index contributed by atoms with van der Waals surface area (Å²) < 4.78 is 0. The van der Waals surface area contributed by atoms with Crippen molar-refractivity contribution in [3.05, 3.63) is 51.7 Å². The second-order valence-electron chi connectivity index (χ2n) is 4.39. The molecule has 4 heteroatoms. The monoisotopic (exact) mass is 243 g/mol. The zero-order valence-electron chi connectivity index (χ0n) is 10.8. The molecule has 1 aliphatic rings. The third-order valence-electron chi connectivity index (χ3n) is 3.11. The van der Waals surface area contributed by atoms with Gasteiger partial charge in [-0.25, -0.2) is 4.98 Å². The Kier molecular flexibility index (Phi) is 3.55. The molecule has 2 rings (SSSR count). The lowest BCUT2D eigenvalue weighted by molar-refractivity contribution is 0.898. The Hall–Kier alpha value is -1.97. The van der Waals surface area contributed by atoms with Crippen LogP contribution < -0.4 is 5.56 Å². The summed E-state index contributed by atoms with van der Waals surface area (Å²) in [6.07, 6.45) is 6.34. The summed E-state index contributed by atoms with van der Waals surface area (Å²) in [7, 11) is 1.69. The summed E-state index contributed by atoms with van der Waals surface area (Å²) in [5.74, 6) is 0.546. The van der Waals surface area contributed by atoms with Crippen molar-refractivity contribution in [3.63, 3.8) is 0 Å². The van der Waals surface area contributed by atoms with Gasteiger partial charge >= 0.3 is 0 Å². The van der Waals surface area contributed by atoms with Crippen LogP contribution in [0.15, 0.2) is 34.1 Å². The van der Waals surface area contributed by atoms with Gasteiger partial charge in [0.25, 0.3) is 5.56 Å². The van der Waals surface area contributed by atoms with E-state index in [0.29, 0.717) is 11.5 Å². The first-order valence-electron chi connectivity index (χ1n) is 6.05. The topological polar surface area (TPSA) is 58.1 Å². The number of nitrogens with one attached hydrogen (secondary N) is 1. The minimum Gasteiger partial charge on any atom is -0.305 e. The van der Waals surface area contributed by atoms with Gasteiger partial charge < -0.3 is 4.98 Å². The average Bonchev–Trinajstić information content (AvgIpc) is 2.84. The number of aryl methyl sites for hydroxylation is 1. The first-order valence-corrected chi connectivity index (χ1v) is 6.05. The molecule has 18 heavy (non-hydrogen) atoms. The Bertz CT molecular complexity index is 594. The maximum atomic E-state index is 11.9. The number of H-pyrrole nitrogens is 1. The Morgan fingerprint density at radius 1 is 1.50 bits per heavy atom. The Labute approximate surface area is 106 Å². The molecule has 1 aliphatic carbocycles. The van der Waals surface area contributed by atoms with Crippen molar-refractivity contribution in [2.75, 3.05) is 7.05 Å². The number of aliphatic imine (C=N–C) groups is 1. The smallest absolute Gasteiger partial charge is 0.254 e. The van der Waals surface area contributed by atoms with Gasteiger partial charge in [-0.2, -0.15) is 0 Å². The molecule has 0 saturated heterocycles. The SMILES string of the molecule is C=C/C(C)=C\C(=NC)c1nc2c(c(=O)[nH]1)CCC2. The molecule has 1 aromatic rings. The maximum Gasteiger partial charge on any atom is 0.254 e. The molecule has 1 N–H and O–H groups in total. The van der Waals surface area contributed by atoms with Crippen LogP contribution in [0.25, 0.3) is 0 Å². The molecule has 0 aliphatic heterocycles. The highest BCUT2D eigenvalue weighted by Crippen LogP contribution is 2.15. The number of allylic oxidation sites excluding steroid dienone is 3. The van der Waals surface area contributed by atoms with Crippen LogP contribution in [0.2, 0.25) is 0 Å². The number of aromatic amines is 1. The minimum atomic E-state index is -0.0293. The molecule has 0 spiro atoms. The van der Waals surface area contributed by atoms with Gasteiger partial charge in [-0.3, -0.25) is 9.79 Å². The van der Waals surface area contributed by atoms with Gasteiger partial charge in [0.1, 0.15) is 5.71 Å². The standard InChI is InChI=1S/C14H17N3O/c1-4-9(2)8-12(15-3)13-16-11-7-5-6-10(11)14(18)17-13/h4,8H,1,5-7H2,2-3H3,(H,16,17,18)/b9-8-,15-12?. The van der Waals surface area contributed by atoms with Crippen molar-refractivity contribution in [1.29, 1.82) is 0 Å². The van der Waals surface area contributed by atoms with Gasteiger partial charge in [-0.15, -0.1) is 0 Å². The second-order valence-corrected chi connectivity index (χ2v) is 4.39. The van der Waals surface area contributed by atoms with Crippen molar-refractivity contribution in [2.24, 2.45) is 4.99 Å². The van der Waals surface area contributed by atoms with Crippen LogP contribution in [0.4, 0.5) is 0 Å². The number of aromatic nitrogens is 2. The number of hydrogen-bond acceptors (Lipinski definition) is 3. The van der Waals surface area contributed by atoms with E-state index in [9.17, 15) is 4.79 Å². The maximum absolute atomic E-state index is 11.9. The molecule has 0 unspecified atom stereocenters. The van der Waals surface area contributed by atoms with Crippen molar-refractivity contribution in [3.8, 4) is 0 Å². The van der Waals surface area contributed by atoms with E-state index in [1.54, 1.807) is 13.1 Å². The molecule has 1 aromatic heterocycles. The molecule has 0 aromatic carbocycles. The number of hydrogen-bond donors (Lipinski definition) is 1. The van der Waals surface area contributed by atoms with E-state index in [-0.39, 0.29) is 5.56 Å². The third-order valence-corrected chi connectivity index (χ3v) is 3.11. The lowest BCUT2D eigenvalue weighted by Crippen LogP contribution is -2.19. The van der Waals surface area contributed by atoms with Gasteiger partial charge in [0.15, 0.2) is 5.82 Å². The van der Waals surface area contributed by atoms with E-state index < -0.39 is 0 Å². The van der Waals surface area contributed by atoms with Crippen LogP contribution in [-0.2, 0) is 12.8 Å². The van der Waals surface area contributed by atoms with E-state index in [4.69, 9.17) is 0 Å². The predicted molar refractivity (Wildman–Crippen MR) is 73.3 cm³/mol. The van der Waals surface area contributed by atoms with Crippen LogP contribution in [0.5, 0.6) is 0 Å². The minimum absolute atomic E-state index is 0.0293. The number of fused-ring (bicyclic) bond motifs is 1. The van der Waals surface area contributed by atoms with Gasteiger partial charge in [0.2, 0.25) is 0 Å². The molecule has 0 amide bonds. The first kappa shape index (κ1) is 12.5. The van der Waals surface area contributed by atoms with Crippen molar-refractivity contribution < 1.29 is 0 Å². The fraction of sp³-hybridized carbons (Fsp3) is 0.357. The molecular weight excluding hydrogens is 226 g/mol. The Morgan fingerprint density at radius 2 is 2.28 bits per heavy atom. The molecular formula is C14H17N3O. The van der Waals surface area contributed by atoms with Crippen LogP contribution in [0, 0.1) is 0 Å². The van der Waals surface area contributed by atoms with Crippen LogP contribution >= 0.6 is 0 Å². The van der Waals surface area contributed by atoms with Gasteiger partial charge in [0.05, 0.1) is 5.69 Å². The van der Waals surface area contributed by atoms with Crippen LogP contribution in [-0.4, -0.2) is 22.7 Å². The van der Waals surface area contributed by atoms with Gasteiger partial charge in [-0.1, -0.05) is 12.7 Å². The molecule has 1 heterocycles. The molecule has 4 nitrogen and oxygen atoms in total. The lowest BCUT2D eigenvalue weighted by atomic mass is 10.2. The lowest BCUT2D eigenvalue weighted by Gasteiger charge is -2.04. The molecule has 0 fully saturated rings. The third kappa shape index (κ3) is 2.32. The normalized spacial score (nSPS) is 15.7. The van der Waals surface area contributed by atoms with E-state index in [1.807, 2.05) is 13.0 Å². The van der Waals surface area contributed by atoms with Gasteiger partial charge in [0, 0.05) is 12.6 Å². The van der Waals surface area contributed by atoms with Crippen LogP contribution in [0.1, 0.15) is 30.4 Å². The highest BCUT2D eigenvalue weighted by atomic mass is 16.1. The molecule has 94 valence electrons. The largest absolute Gasteiger partial charge is 0.305 e. The highest BCUT2D eigenvalue weighted by molar-refractivity contribution is 6.06. The average molecular weight is 243 g/mol. The van der Waals surface area contributed by atoms with Crippen LogP contribution in [0.3, 0.4) is 0 Å². The van der Waals surface area contributed by atoms with Crippen molar-refractivity contribution in [2.45, 2.75) is 26.2 Å². The van der Waals surface area contributed by atoms with Crippen molar-refractivity contribution in [1.82, 2.24) is 9.97 Å². The van der Waals surface area contributed by atoms with Crippen molar-refractivity contribution >= 4 is 5.71 Å². The summed E-state index contributed by atoms with van der Waals surface area (Å²) in [4.78, 5) is 23.4. The molecule has 0 atom stereocenters. The van der Waals surface area contributed by atoms with E-state index >= 15 is 0 Å². The Balaban J connectivity index is 2.49. The molecule has 0 saturated carbocycles. The fourth-order valence-corrected chi connectivity index (χ4v) is 2.08. The summed E-state index contributed by atoms with van der Waals surface area (Å²) in [5.41, 5.74) is 3.38. The van der Waals surface area contributed by atoms with E-state index in [1.165, 1.54) is 0 Å². The summed E-state index contributed by atoms with van der Waals surface area (Å²) >= 11 is 0. The predicted octanol–water partition coefficient (Wildman–Crippen LogP) is 1.81. The quantitative estimate of drug-likeness (QED) is 0.650. The zero-order chi connectivity index (χ0) is 13.1. The first-order chi connectivity index (χ1) is 8.65. The molecule has 0 bridgehead atoms. The Morgan fingerprint density at radius 3 is 2.94 bits per heavy atom. The highest BCUT2D eigenvalue weighted by Gasteiger charge is 2.18. The summed E-state index contributed by atoms with van der Waals surface area (Å²) in [6.45, 7) is 5.64. The fourth-order valence-electron chi connectivity index (χ4n) is 2.08. The molecule has 0 radical (unpaired) electrons. The van der Waals surface area contributed by atoms with E-state index in [0.717, 1.165) is 36.1 Å².